The second-order valence-electron chi connectivity index (χ2n) is 23.0. The molecule has 1 amide bonds. The van der Waals surface area contributed by atoms with Crippen LogP contribution in [0.3, 0.4) is 0 Å². The number of hydrogen-bond acceptors (Lipinski definition) is 4. The highest BCUT2D eigenvalue weighted by atomic mass is 16.4. The van der Waals surface area contributed by atoms with Crippen LogP contribution in [0.25, 0.3) is 0 Å². The smallest absolute Gasteiger partial charge is 0.337 e. The molecule has 0 aromatic heterocycles. The van der Waals surface area contributed by atoms with Crippen molar-refractivity contribution in [3.8, 4) is 0 Å². The molecule has 1 spiro atoms. The van der Waals surface area contributed by atoms with E-state index in [1.165, 1.54) is 283 Å². The van der Waals surface area contributed by atoms with E-state index < -0.39 is 11.5 Å². The van der Waals surface area contributed by atoms with Crippen LogP contribution in [0, 0.1) is 0 Å². The number of rotatable bonds is 3. The summed E-state index contributed by atoms with van der Waals surface area (Å²) in [5, 5.41) is 13.9. The van der Waals surface area contributed by atoms with Gasteiger partial charge in [-0.2, -0.15) is 0 Å². The molecule has 2 aliphatic rings. The van der Waals surface area contributed by atoms with E-state index in [0.29, 0.717) is 18.8 Å². The number of nitrogens with zero attached hydrogens (tertiary/aromatic N) is 2. The molecule has 1 atom stereocenters. The van der Waals surface area contributed by atoms with Crippen molar-refractivity contribution in [1.82, 2.24) is 5.32 Å². The maximum atomic E-state index is 15.0. The van der Waals surface area contributed by atoms with Crippen LogP contribution < -0.4 is 15.1 Å². The van der Waals surface area contributed by atoms with E-state index in [1.54, 1.807) is 23.1 Å². The Kier molecular flexibility index (Phi) is 36.3. The number of para-hydroxylation sites is 2. The first-order chi connectivity index (χ1) is 35.6. The normalized spacial score (nSPS) is 23.6. The zero-order valence-corrected chi connectivity index (χ0v) is 46.9. The third-order valence-corrected chi connectivity index (χ3v) is 16.8. The van der Waals surface area contributed by atoms with Crippen molar-refractivity contribution in [2.24, 2.45) is 0 Å². The Morgan fingerprint density at radius 2 is 0.681 bits per heavy atom. The van der Waals surface area contributed by atoms with Gasteiger partial charge >= 0.3 is 5.97 Å². The number of carbonyl (C=O) groups excluding carboxylic acids is 1. The average Bonchev–Trinajstić information content (AvgIpc) is 3.68. The van der Waals surface area contributed by atoms with Gasteiger partial charge in [-0.25, -0.2) is 4.79 Å². The van der Waals surface area contributed by atoms with Crippen molar-refractivity contribution in [3.63, 3.8) is 0 Å². The number of aromatic carboxylic acids is 1. The molecule has 2 aliphatic heterocycles. The third kappa shape index (κ3) is 27.1. The van der Waals surface area contributed by atoms with Gasteiger partial charge < -0.3 is 15.3 Å². The summed E-state index contributed by atoms with van der Waals surface area (Å²) in [4.78, 5) is 31.4. The number of amides is 1. The zero-order valence-electron chi connectivity index (χ0n) is 46.9. The minimum absolute atomic E-state index is 0.0381. The lowest BCUT2D eigenvalue weighted by molar-refractivity contribution is -0.122. The number of nitrogens with one attached hydrogen (secondary N) is 1. The number of carboxylic acid groups (broad SMARTS) is 1. The molecule has 4 rings (SSSR count). The van der Waals surface area contributed by atoms with Gasteiger partial charge in [0.25, 0.3) is 5.91 Å². The van der Waals surface area contributed by atoms with E-state index >= 15 is 0 Å². The summed E-state index contributed by atoms with van der Waals surface area (Å²) >= 11 is 0. The third-order valence-electron chi connectivity index (χ3n) is 16.8. The van der Waals surface area contributed by atoms with E-state index in [2.05, 4.69) is 34.5 Å². The first-order valence-corrected chi connectivity index (χ1v) is 31.8. The summed E-state index contributed by atoms with van der Waals surface area (Å²) in [6.07, 6.45) is 65.7. The van der Waals surface area contributed by atoms with Crippen LogP contribution in [0.2, 0.25) is 0 Å². The molecule has 0 bridgehead atoms. The van der Waals surface area contributed by atoms with Crippen LogP contribution in [0.5, 0.6) is 0 Å². The predicted octanol–water partition coefficient (Wildman–Crippen LogP) is 20.3. The van der Waals surface area contributed by atoms with E-state index in [-0.39, 0.29) is 11.5 Å². The standard InChI is InChI=1S/C66H113N3O3/c70-64(71)62-54-48-49-55-63(62)68-60-69(61-52-46-45-47-53-61)66(65(68)72)56-50-43-41-39-37-35-33-31-29-27-25-23-21-19-17-15-13-11-9-7-5-3-1-2-4-6-8-10-12-14-16-18-20-22-24-26-28-30-32-34-36-38-40-42-44-51-58-67-59-57-66/h45-49,52-55,67H,1-44,50-51,56-60H2,(H,70,71). The van der Waals surface area contributed by atoms with Crippen molar-refractivity contribution < 1.29 is 14.7 Å². The second kappa shape index (κ2) is 42.4. The molecule has 2 fully saturated rings. The SMILES string of the molecule is O=C(O)c1ccccc1N1CN(c2ccccc2)C2(CCCCCCCCCCCCCCCCCCCCCCCCCCCCCCCCCCCCCCCCCCCCCCCCNCC2)C1=O. The highest BCUT2D eigenvalue weighted by Gasteiger charge is 2.52. The number of benzene rings is 2. The van der Waals surface area contributed by atoms with E-state index in [4.69, 9.17) is 0 Å². The van der Waals surface area contributed by atoms with Gasteiger partial charge in [-0.1, -0.05) is 319 Å². The molecule has 0 aliphatic carbocycles. The monoisotopic (exact) mass is 996 g/mol. The molecule has 6 nitrogen and oxygen atoms in total. The quantitative estimate of drug-likeness (QED) is 0.321. The van der Waals surface area contributed by atoms with E-state index in [1.807, 2.05) is 12.1 Å². The largest absolute Gasteiger partial charge is 0.478 e. The Hall–Kier alpha value is -2.86. The summed E-state index contributed by atoms with van der Waals surface area (Å²) < 4.78 is 0. The first-order valence-electron chi connectivity index (χ1n) is 31.8. The molecule has 0 radical (unpaired) electrons. The van der Waals surface area contributed by atoms with Gasteiger partial charge in [0, 0.05) is 5.69 Å². The van der Waals surface area contributed by atoms with Crippen LogP contribution in [-0.2, 0) is 4.79 Å². The summed E-state index contributed by atoms with van der Waals surface area (Å²) in [5.41, 5.74) is 0.974. The first kappa shape index (κ1) is 61.7. The molecular formula is C66H113N3O3. The Labute approximate surface area is 444 Å². The Morgan fingerprint density at radius 1 is 0.375 bits per heavy atom. The van der Waals surface area contributed by atoms with Crippen molar-refractivity contribution in [2.45, 2.75) is 314 Å². The molecule has 6 heteroatoms. The molecule has 410 valence electrons. The van der Waals surface area contributed by atoms with Crippen molar-refractivity contribution in [1.29, 1.82) is 0 Å². The van der Waals surface area contributed by atoms with Gasteiger partial charge in [0.05, 0.1) is 17.9 Å². The van der Waals surface area contributed by atoms with Gasteiger partial charge in [-0.15, -0.1) is 0 Å². The van der Waals surface area contributed by atoms with Crippen molar-refractivity contribution in [2.75, 3.05) is 29.6 Å². The van der Waals surface area contributed by atoms with E-state index in [0.717, 1.165) is 38.0 Å². The second-order valence-corrected chi connectivity index (χ2v) is 23.0. The molecule has 2 N–H and O–H groups in total. The topological polar surface area (TPSA) is 72.9 Å². The molecular weight excluding hydrogens is 883 g/mol. The molecule has 0 saturated carbocycles. The lowest BCUT2D eigenvalue weighted by Crippen LogP contribution is -2.51. The molecule has 2 heterocycles. The van der Waals surface area contributed by atoms with Gasteiger partial charge in [-0.05, 0) is 56.6 Å². The Morgan fingerprint density at radius 3 is 1.03 bits per heavy atom. The number of carbonyl (C=O) groups is 2. The van der Waals surface area contributed by atoms with Crippen molar-refractivity contribution in [3.05, 3.63) is 60.2 Å². The van der Waals surface area contributed by atoms with Crippen molar-refractivity contribution >= 4 is 23.3 Å². The summed E-state index contributed by atoms with van der Waals surface area (Å²) in [7, 11) is 0. The van der Waals surface area contributed by atoms with Crippen LogP contribution in [0.1, 0.15) is 319 Å². The van der Waals surface area contributed by atoms with Crippen LogP contribution in [0.4, 0.5) is 11.4 Å². The highest BCUT2D eigenvalue weighted by Crippen LogP contribution is 2.41. The zero-order chi connectivity index (χ0) is 50.7. The minimum atomic E-state index is -0.996. The summed E-state index contributed by atoms with van der Waals surface area (Å²) in [5.74, 6) is -0.957. The fraction of sp³-hybridized carbons (Fsp3) is 0.788. The molecule has 2 saturated heterocycles. The maximum Gasteiger partial charge on any atom is 0.337 e. The Balaban J connectivity index is 1.19. The molecule has 72 heavy (non-hydrogen) atoms. The molecule has 1 unspecified atom stereocenters. The molecule has 2 aromatic carbocycles. The average molecular weight is 997 g/mol. The predicted molar refractivity (Wildman–Crippen MR) is 312 cm³/mol. The number of carboxylic acids is 1. The lowest BCUT2D eigenvalue weighted by Gasteiger charge is -2.37. The highest BCUT2D eigenvalue weighted by molar-refractivity contribution is 6.09. The van der Waals surface area contributed by atoms with Gasteiger partial charge in [0.15, 0.2) is 0 Å². The van der Waals surface area contributed by atoms with Crippen LogP contribution in [0.15, 0.2) is 54.6 Å². The summed E-state index contributed by atoms with van der Waals surface area (Å²) in [6.45, 7) is 2.10. The summed E-state index contributed by atoms with van der Waals surface area (Å²) in [6, 6.07) is 17.4. The Bertz CT molecular complexity index is 1530. The minimum Gasteiger partial charge on any atom is -0.478 e. The lowest BCUT2D eigenvalue weighted by atomic mass is 9.86. The van der Waals surface area contributed by atoms with Gasteiger partial charge in [0.2, 0.25) is 0 Å². The van der Waals surface area contributed by atoms with Gasteiger partial charge in [-0.3, -0.25) is 9.69 Å². The molecule has 2 aromatic rings. The van der Waals surface area contributed by atoms with Crippen LogP contribution in [-0.4, -0.2) is 42.3 Å². The number of anilines is 2. The van der Waals surface area contributed by atoms with E-state index in [9.17, 15) is 14.7 Å². The fourth-order valence-corrected chi connectivity index (χ4v) is 12.2. The fourth-order valence-electron chi connectivity index (χ4n) is 12.2. The maximum absolute atomic E-state index is 15.0. The van der Waals surface area contributed by atoms with Gasteiger partial charge in [0.1, 0.15) is 5.54 Å². The number of hydrogen-bond donors (Lipinski definition) is 2. The van der Waals surface area contributed by atoms with Crippen LogP contribution >= 0.6 is 0 Å².